The Balaban J connectivity index is 2.43. The van der Waals surface area contributed by atoms with Gasteiger partial charge in [0.2, 0.25) is 0 Å². The van der Waals surface area contributed by atoms with E-state index in [2.05, 4.69) is 10.6 Å². The van der Waals surface area contributed by atoms with E-state index in [-0.39, 0.29) is 6.03 Å². The average Bonchev–Trinajstić information content (AvgIpc) is 2.86. The molecular formula is C13H24N2O3. The number of nitrogens with one attached hydrogen (secondary N) is 2. The zero-order chi connectivity index (χ0) is 13.6. The van der Waals surface area contributed by atoms with Gasteiger partial charge in [0.1, 0.15) is 5.54 Å². The third-order valence-corrected chi connectivity index (χ3v) is 4.00. The molecule has 0 spiro atoms. The molecule has 0 aromatic heterocycles. The Morgan fingerprint density at radius 3 is 2.22 bits per heavy atom. The van der Waals surface area contributed by atoms with Crippen molar-refractivity contribution in [3.8, 4) is 0 Å². The summed E-state index contributed by atoms with van der Waals surface area (Å²) in [5, 5.41) is 14.6. The highest BCUT2D eigenvalue weighted by Gasteiger charge is 2.36. The van der Waals surface area contributed by atoms with Crippen molar-refractivity contribution in [3.63, 3.8) is 0 Å². The van der Waals surface area contributed by atoms with Gasteiger partial charge in [-0.05, 0) is 31.6 Å². The lowest BCUT2D eigenvalue weighted by atomic mass is 9.93. The van der Waals surface area contributed by atoms with Crippen molar-refractivity contribution in [3.05, 3.63) is 0 Å². The number of hydrogen-bond donors (Lipinski definition) is 3. The second kappa shape index (κ2) is 6.61. The third-order valence-electron chi connectivity index (χ3n) is 4.00. The molecule has 0 saturated heterocycles. The maximum atomic E-state index is 11.8. The molecule has 1 fully saturated rings. The van der Waals surface area contributed by atoms with Crippen LogP contribution < -0.4 is 10.6 Å². The van der Waals surface area contributed by atoms with E-state index < -0.39 is 11.5 Å². The molecule has 5 nitrogen and oxygen atoms in total. The van der Waals surface area contributed by atoms with Gasteiger partial charge in [0.25, 0.3) is 0 Å². The van der Waals surface area contributed by atoms with Crippen molar-refractivity contribution < 1.29 is 14.7 Å². The number of aliphatic carboxylic acids is 1. The monoisotopic (exact) mass is 256 g/mol. The van der Waals surface area contributed by atoms with Gasteiger partial charge in [0.05, 0.1) is 0 Å². The SMILES string of the molecule is CCC(CC)(NC(=O)NCC1CCCC1)C(=O)O. The molecule has 0 atom stereocenters. The summed E-state index contributed by atoms with van der Waals surface area (Å²) < 4.78 is 0. The predicted molar refractivity (Wildman–Crippen MR) is 69.4 cm³/mol. The van der Waals surface area contributed by atoms with Crippen molar-refractivity contribution in [2.45, 2.75) is 57.9 Å². The summed E-state index contributed by atoms with van der Waals surface area (Å²) in [7, 11) is 0. The molecule has 0 unspecified atom stereocenters. The maximum Gasteiger partial charge on any atom is 0.329 e. The minimum atomic E-state index is -1.14. The van der Waals surface area contributed by atoms with E-state index in [9.17, 15) is 14.7 Å². The van der Waals surface area contributed by atoms with Crippen LogP contribution >= 0.6 is 0 Å². The fourth-order valence-corrected chi connectivity index (χ4v) is 2.50. The highest BCUT2D eigenvalue weighted by Crippen LogP contribution is 2.23. The topological polar surface area (TPSA) is 78.4 Å². The fraction of sp³-hybridized carbons (Fsp3) is 0.846. The van der Waals surface area contributed by atoms with E-state index in [1.54, 1.807) is 13.8 Å². The highest BCUT2D eigenvalue weighted by atomic mass is 16.4. The zero-order valence-corrected chi connectivity index (χ0v) is 11.3. The van der Waals surface area contributed by atoms with Gasteiger partial charge in [-0.15, -0.1) is 0 Å². The van der Waals surface area contributed by atoms with Crippen LogP contribution in [-0.4, -0.2) is 29.2 Å². The summed E-state index contributed by atoms with van der Waals surface area (Å²) in [6, 6.07) is -0.368. The first-order chi connectivity index (χ1) is 8.54. The minimum Gasteiger partial charge on any atom is -0.480 e. The highest BCUT2D eigenvalue weighted by molar-refractivity contribution is 5.86. The van der Waals surface area contributed by atoms with Crippen molar-refractivity contribution >= 4 is 12.0 Å². The lowest BCUT2D eigenvalue weighted by Crippen LogP contribution is -2.56. The van der Waals surface area contributed by atoms with Gasteiger partial charge in [0, 0.05) is 6.54 Å². The molecule has 1 saturated carbocycles. The first-order valence-electron chi connectivity index (χ1n) is 6.83. The van der Waals surface area contributed by atoms with E-state index in [0.29, 0.717) is 25.3 Å². The number of amides is 2. The summed E-state index contributed by atoms with van der Waals surface area (Å²) in [5.74, 6) is -0.415. The molecule has 5 heteroatoms. The van der Waals surface area contributed by atoms with Crippen LogP contribution in [0.2, 0.25) is 0 Å². The van der Waals surface area contributed by atoms with Gasteiger partial charge in [-0.2, -0.15) is 0 Å². The van der Waals surface area contributed by atoms with Crippen molar-refractivity contribution in [1.29, 1.82) is 0 Å². The Hall–Kier alpha value is -1.26. The van der Waals surface area contributed by atoms with E-state index in [1.165, 1.54) is 12.8 Å². The van der Waals surface area contributed by atoms with Crippen LogP contribution in [0.25, 0.3) is 0 Å². The second-order valence-electron chi connectivity index (χ2n) is 5.08. The van der Waals surface area contributed by atoms with Gasteiger partial charge in [-0.1, -0.05) is 26.7 Å². The first kappa shape index (κ1) is 14.8. The molecule has 104 valence electrons. The molecular weight excluding hydrogens is 232 g/mol. The number of carboxylic acids is 1. The number of urea groups is 1. The molecule has 0 bridgehead atoms. The first-order valence-corrected chi connectivity index (χ1v) is 6.83. The Labute approximate surface area is 108 Å². The molecule has 0 radical (unpaired) electrons. The van der Waals surface area contributed by atoms with Crippen molar-refractivity contribution in [2.75, 3.05) is 6.54 Å². The van der Waals surface area contributed by atoms with Gasteiger partial charge < -0.3 is 15.7 Å². The zero-order valence-electron chi connectivity index (χ0n) is 11.3. The fourth-order valence-electron chi connectivity index (χ4n) is 2.50. The molecule has 1 aliphatic carbocycles. The molecule has 0 heterocycles. The molecule has 0 aliphatic heterocycles. The maximum absolute atomic E-state index is 11.8. The van der Waals surface area contributed by atoms with E-state index >= 15 is 0 Å². The lowest BCUT2D eigenvalue weighted by molar-refractivity contribution is -0.144. The number of rotatable bonds is 6. The minimum absolute atomic E-state index is 0.368. The van der Waals surface area contributed by atoms with Crippen LogP contribution in [0.3, 0.4) is 0 Å². The largest absolute Gasteiger partial charge is 0.480 e. The molecule has 1 rings (SSSR count). The Morgan fingerprint density at radius 2 is 1.78 bits per heavy atom. The summed E-state index contributed by atoms with van der Waals surface area (Å²) >= 11 is 0. The number of carbonyl (C=O) groups excluding carboxylic acids is 1. The molecule has 0 aromatic carbocycles. The summed E-state index contributed by atoms with van der Waals surface area (Å²) in [4.78, 5) is 23.0. The average molecular weight is 256 g/mol. The quantitative estimate of drug-likeness (QED) is 0.681. The van der Waals surface area contributed by atoms with Gasteiger partial charge in [0.15, 0.2) is 0 Å². The number of carboxylic acid groups (broad SMARTS) is 1. The standard InChI is InChI=1S/C13H24N2O3/c1-3-13(4-2,11(16)17)15-12(18)14-9-10-7-5-6-8-10/h10H,3-9H2,1-2H3,(H,16,17)(H2,14,15,18). The summed E-state index contributed by atoms with van der Waals surface area (Å²) in [6.45, 7) is 4.19. The van der Waals surface area contributed by atoms with Gasteiger partial charge in [-0.3, -0.25) is 0 Å². The number of hydrogen-bond acceptors (Lipinski definition) is 2. The van der Waals surface area contributed by atoms with Crippen LogP contribution in [0.5, 0.6) is 0 Å². The predicted octanol–water partition coefficient (Wildman–Crippen LogP) is 2.12. The molecule has 2 amide bonds. The van der Waals surface area contributed by atoms with Crippen LogP contribution in [0, 0.1) is 5.92 Å². The third kappa shape index (κ3) is 3.62. The molecule has 1 aliphatic rings. The van der Waals surface area contributed by atoms with E-state index in [1.807, 2.05) is 0 Å². The van der Waals surface area contributed by atoms with Crippen molar-refractivity contribution in [2.24, 2.45) is 5.92 Å². The summed E-state index contributed by atoms with van der Waals surface area (Å²) in [5.41, 5.74) is -1.14. The van der Waals surface area contributed by atoms with Crippen LogP contribution in [0.15, 0.2) is 0 Å². The lowest BCUT2D eigenvalue weighted by Gasteiger charge is -2.28. The Morgan fingerprint density at radius 1 is 1.22 bits per heavy atom. The van der Waals surface area contributed by atoms with Crippen LogP contribution in [0.4, 0.5) is 4.79 Å². The van der Waals surface area contributed by atoms with E-state index in [0.717, 1.165) is 12.8 Å². The molecule has 18 heavy (non-hydrogen) atoms. The molecule has 0 aromatic rings. The normalized spacial score (nSPS) is 16.6. The smallest absolute Gasteiger partial charge is 0.329 e. The Kier molecular flexibility index (Phi) is 5.44. The second-order valence-corrected chi connectivity index (χ2v) is 5.08. The Bertz CT molecular complexity index is 295. The van der Waals surface area contributed by atoms with Crippen LogP contribution in [-0.2, 0) is 4.79 Å². The van der Waals surface area contributed by atoms with Gasteiger partial charge in [-0.25, -0.2) is 9.59 Å². The number of carbonyl (C=O) groups is 2. The van der Waals surface area contributed by atoms with Gasteiger partial charge >= 0.3 is 12.0 Å². The van der Waals surface area contributed by atoms with Crippen LogP contribution in [0.1, 0.15) is 52.4 Å². The summed E-state index contributed by atoms with van der Waals surface area (Å²) in [6.07, 6.45) is 5.55. The van der Waals surface area contributed by atoms with E-state index in [4.69, 9.17) is 0 Å². The van der Waals surface area contributed by atoms with Crippen molar-refractivity contribution in [1.82, 2.24) is 10.6 Å². The molecule has 3 N–H and O–H groups in total.